The van der Waals surface area contributed by atoms with Gasteiger partial charge in [-0.3, -0.25) is 4.79 Å². The van der Waals surface area contributed by atoms with Crippen LogP contribution in [0.25, 0.3) is 0 Å². The molecule has 4 heteroatoms. The SMILES string of the molecule is C=C=C(COc1ccc(C)c(C)c1)C1C(=O)Sc2ccccc2C1=S. The molecule has 2 aromatic rings. The quantitative estimate of drug-likeness (QED) is 0.558. The van der Waals surface area contributed by atoms with Crippen LogP contribution in [0.4, 0.5) is 0 Å². The minimum Gasteiger partial charge on any atom is -0.489 e. The molecule has 0 fully saturated rings. The second-order valence-corrected chi connectivity index (χ2v) is 7.44. The van der Waals surface area contributed by atoms with Gasteiger partial charge in [-0.2, -0.15) is 0 Å². The number of aryl methyl sites for hydroxylation is 2. The van der Waals surface area contributed by atoms with Crippen molar-refractivity contribution in [3.8, 4) is 5.75 Å². The maximum Gasteiger partial charge on any atom is 0.206 e. The van der Waals surface area contributed by atoms with E-state index < -0.39 is 5.92 Å². The van der Waals surface area contributed by atoms with Gasteiger partial charge in [0.05, 0.1) is 5.92 Å². The predicted octanol–water partition coefficient (Wildman–Crippen LogP) is 5.06. The Labute approximate surface area is 157 Å². The fraction of sp³-hybridized carbons (Fsp3) is 0.190. The highest BCUT2D eigenvalue weighted by Gasteiger charge is 2.34. The molecule has 2 aromatic carbocycles. The van der Waals surface area contributed by atoms with Gasteiger partial charge in [0.2, 0.25) is 5.12 Å². The Hall–Kier alpha value is -2.13. The normalized spacial score (nSPS) is 16.2. The van der Waals surface area contributed by atoms with Crippen molar-refractivity contribution in [1.82, 2.24) is 0 Å². The number of hydrogen-bond donors (Lipinski definition) is 0. The van der Waals surface area contributed by atoms with Crippen molar-refractivity contribution in [2.45, 2.75) is 18.7 Å². The Morgan fingerprint density at radius 2 is 2.00 bits per heavy atom. The van der Waals surface area contributed by atoms with Crippen LogP contribution in [0.5, 0.6) is 5.75 Å². The van der Waals surface area contributed by atoms with Gasteiger partial charge in [-0.1, -0.05) is 54.8 Å². The monoisotopic (exact) mass is 366 g/mol. The molecule has 0 spiro atoms. The summed E-state index contributed by atoms with van der Waals surface area (Å²) in [6, 6.07) is 13.6. The van der Waals surface area contributed by atoms with Crippen molar-refractivity contribution < 1.29 is 9.53 Å². The van der Waals surface area contributed by atoms with Crippen LogP contribution in [-0.2, 0) is 4.79 Å². The number of ether oxygens (including phenoxy) is 1. The van der Waals surface area contributed by atoms with Crippen molar-refractivity contribution in [3.05, 3.63) is 77.0 Å². The molecule has 0 amide bonds. The summed E-state index contributed by atoms with van der Waals surface area (Å²) in [6.07, 6.45) is 0. The average molecular weight is 367 g/mol. The molecule has 0 aliphatic carbocycles. The predicted molar refractivity (Wildman–Crippen MR) is 107 cm³/mol. The second kappa shape index (κ2) is 7.40. The van der Waals surface area contributed by atoms with Gasteiger partial charge in [-0.25, -0.2) is 0 Å². The first kappa shape index (κ1) is 17.7. The lowest BCUT2D eigenvalue weighted by atomic mass is 9.92. The van der Waals surface area contributed by atoms with Crippen LogP contribution in [0.3, 0.4) is 0 Å². The first-order chi connectivity index (χ1) is 12.0. The first-order valence-corrected chi connectivity index (χ1v) is 9.17. The third-order valence-electron chi connectivity index (χ3n) is 4.31. The van der Waals surface area contributed by atoms with E-state index in [0.29, 0.717) is 10.4 Å². The third-order valence-corrected chi connectivity index (χ3v) is 5.78. The Kier molecular flexibility index (Phi) is 5.24. The second-order valence-electron chi connectivity index (χ2n) is 5.95. The molecule has 3 rings (SSSR count). The Balaban J connectivity index is 1.81. The van der Waals surface area contributed by atoms with E-state index in [1.807, 2.05) is 49.4 Å². The van der Waals surface area contributed by atoms with Crippen molar-refractivity contribution in [2.24, 2.45) is 5.92 Å². The zero-order valence-electron chi connectivity index (χ0n) is 14.2. The first-order valence-electron chi connectivity index (χ1n) is 7.95. The molecular weight excluding hydrogens is 348 g/mol. The van der Waals surface area contributed by atoms with Crippen LogP contribution in [0.2, 0.25) is 0 Å². The Morgan fingerprint density at radius 3 is 2.72 bits per heavy atom. The zero-order valence-corrected chi connectivity index (χ0v) is 15.8. The number of carbonyl (C=O) groups is 1. The van der Waals surface area contributed by atoms with Crippen molar-refractivity contribution in [3.63, 3.8) is 0 Å². The standard InChI is InChI=1S/C21H18O2S2/c1-4-15(12-23-16-10-9-13(2)14(3)11-16)19-20(24)17-7-5-6-8-18(17)25-21(19)22/h5-11,19H,1,12H2,2-3H3. The van der Waals surface area contributed by atoms with Gasteiger partial charge in [-0.05, 0) is 43.2 Å². The van der Waals surface area contributed by atoms with E-state index in [1.54, 1.807) is 0 Å². The van der Waals surface area contributed by atoms with Gasteiger partial charge in [0.15, 0.2) is 0 Å². The number of fused-ring (bicyclic) bond motifs is 1. The van der Waals surface area contributed by atoms with Gasteiger partial charge in [0.1, 0.15) is 12.4 Å². The van der Waals surface area contributed by atoms with E-state index in [-0.39, 0.29) is 11.7 Å². The number of carbonyl (C=O) groups excluding carboxylic acids is 1. The lowest BCUT2D eigenvalue weighted by molar-refractivity contribution is -0.112. The number of thioether (sulfide) groups is 1. The number of thiocarbonyl (C=S) groups is 1. The molecular formula is C21H18O2S2. The third kappa shape index (κ3) is 3.62. The molecule has 0 saturated heterocycles. The van der Waals surface area contributed by atoms with Gasteiger partial charge < -0.3 is 4.74 Å². The molecule has 1 aliphatic rings. The maximum atomic E-state index is 12.6. The van der Waals surface area contributed by atoms with Gasteiger partial charge in [0.25, 0.3) is 0 Å². The molecule has 1 atom stereocenters. The molecule has 0 aromatic heterocycles. The van der Waals surface area contributed by atoms with Crippen LogP contribution in [-0.4, -0.2) is 16.6 Å². The largest absolute Gasteiger partial charge is 0.489 e. The fourth-order valence-electron chi connectivity index (χ4n) is 2.69. The van der Waals surface area contributed by atoms with Gasteiger partial charge in [-0.15, -0.1) is 5.73 Å². The molecule has 0 radical (unpaired) electrons. The lowest BCUT2D eigenvalue weighted by Crippen LogP contribution is -2.29. The molecule has 2 nitrogen and oxygen atoms in total. The topological polar surface area (TPSA) is 26.3 Å². The maximum absolute atomic E-state index is 12.6. The van der Waals surface area contributed by atoms with Crippen molar-refractivity contribution >= 4 is 34.0 Å². The highest BCUT2D eigenvalue weighted by Crippen LogP contribution is 2.37. The molecule has 126 valence electrons. The highest BCUT2D eigenvalue weighted by atomic mass is 32.2. The summed E-state index contributed by atoms with van der Waals surface area (Å²) >= 11 is 6.81. The summed E-state index contributed by atoms with van der Waals surface area (Å²) < 4.78 is 5.87. The lowest BCUT2D eigenvalue weighted by Gasteiger charge is -2.25. The van der Waals surface area contributed by atoms with E-state index in [1.165, 1.54) is 17.3 Å². The Morgan fingerprint density at radius 1 is 1.24 bits per heavy atom. The molecule has 0 N–H and O–H groups in total. The molecule has 0 bridgehead atoms. The molecule has 1 aliphatic heterocycles. The van der Waals surface area contributed by atoms with E-state index in [9.17, 15) is 4.79 Å². The molecule has 1 unspecified atom stereocenters. The van der Waals surface area contributed by atoms with Crippen molar-refractivity contribution in [2.75, 3.05) is 6.61 Å². The summed E-state index contributed by atoms with van der Waals surface area (Å²) in [5, 5.41) is -0.00135. The minimum absolute atomic E-state index is 0.00135. The number of benzene rings is 2. The van der Waals surface area contributed by atoms with Crippen LogP contribution < -0.4 is 4.74 Å². The van der Waals surface area contributed by atoms with Crippen LogP contribution in [0.1, 0.15) is 16.7 Å². The summed E-state index contributed by atoms with van der Waals surface area (Å²) in [7, 11) is 0. The summed E-state index contributed by atoms with van der Waals surface area (Å²) in [5.41, 5.74) is 6.87. The van der Waals surface area contributed by atoms with E-state index in [0.717, 1.165) is 21.8 Å². The molecule has 1 heterocycles. The van der Waals surface area contributed by atoms with Gasteiger partial charge in [0, 0.05) is 20.9 Å². The van der Waals surface area contributed by atoms with E-state index in [2.05, 4.69) is 19.2 Å². The smallest absolute Gasteiger partial charge is 0.206 e. The minimum atomic E-state index is -0.515. The average Bonchev–Trinajstić information content (AvgIpc) is 2.60. The van der Waals surface area contributed by atoms with Crippen LogP contribution in [0.15, 0.2) is 65.2 Å². The number of hydrogen-bond acceptors (Lipinski definition) is 4. The van der Waals surface area contributed by atoms with Crippen LogP contribution >= 0.6 is 24.0 Å². The molecule has 25 heavy (non-hydrogen) atoms. The summed E-state index contributed by atoms with van der Waals surface area (Å²) in [6.45, 7) is 8.08. The zero-order chi connectivity index (χ0) is 18.0. The fourth-order valence-corrected chi connectivity index (χ4v) is 4.29. The highest BCUT2D eigenvalue weighted by molar-refractivity contribution is 8.14. The van der Waals surface area contributed by atoms with E-state index >= 15 is 0 Å². The van der Waals surface area contributed by atoms with E-state index in [4.69, 9.17) is 17.0 Å². The Bertz CT molecular complexity index is 908. The van der Waals surface area contributed by atoms with Crippen LogP contribution in [0, 0.1) is 19.8 Å². The number of rotatable bonds is 4. The van der Waals surface area contributed by atoms with Crippen molar-refractivity contribution in [1.29, 1.82) is 0 Å². The molecule has 0 saturated carbocycles. The van der Waals surface area contributed by atoms with Gasteiger partial charge >= 0.3 is 0 Å². The summed E-state index contributed by atoms with van der Waals surface area (Å²) in [5.74, 6) is 0.247. The summed E-state index contributed by atoms with van der Waals surface area (Å²) in [4.78, 5) is 14.1.